The molecule has 5 heteroatoms. The number of amides is 1. The Labute approximate surface area is 184 Å². The van der Waals surface area contributed by atoms with Crippen molar-refractivity contribution in [2.45, 2.75) is 30.8 Å². The molecule has 3 aliphatic rings. The molecular formula is C23H27IN2O2. The van der Waals surface area contributed by atoms with Crippen molar-refractivity contribution in [3.05, 3.63) is 71.3 Å². The lowest BCUT2D eigenvalue weighted by atomic mass is 9.67. The van der Waals surface area contributed by atoms with E-state index >= 15 is 0 Å². The average molecular weight is 490 g/mol. The van der Waals surface area contributed by atoms with Gasteiger partial charge in [-0.15, -0.1) is 0 Å². The summed E-state index contributed by atoms with van der Waals surface area (Å²) in [5.74, 6) is 0.638. The van der Waals surface area contributed by atoms with Crippen molar-refractivity contribution in [2.75, 3.05) is 27.2 Å². The number of nitrogens with zero attached hydrogens (tertiary/aromatic N) is 2. The summed E-state index contributed by atoms with van der Waals surface area (Å²) in [5, 5.41) is 0. The molecule has 0 N–H and O–H groups in total. The van der Waals surface area contributed by atoms with E-state index in [9.17, 15) is 4.79 Å². The van der Waals surface area contributed by atoms with Gasteiger partial charge in [0.15, 0.2) is 0 Å². The molecule has 2 aromatic rings. The number of hydroxylamine groups is 3. The highest BCUT2D eigenvalue weighted by Crippen LogP contribution is 2.50. The van der Waals surface area contributed by atoms with Gasteiger partial charge in [0, 0.05) is 13.0 Å². The summed E-state index contributed by atoms with van der Waals surface area (Å²) in [6.45, 7) is 3.61. The summed E-state index contributed by atoms with van der Waals surface area (Å²) in [4.78, 5) is 22.1. The number of halogens is 1. The van der Waals surface area contributed by atoms with Crippen LogP contribution in [0.5, 0.6) is 0 Å². The van der Waals surface area contributed by atoms with Crippen LogP contribution in [0.25, 0.3) is 0 Å². The van der Waals surface area contributed by atoms with Crippen molar-refractivity contribution in [1.29, 1.82) is 0 Å². The van der Waals surface area contributed by atoms with Crippen LogP contribution in [0, 0.1) is 5.92 Å². The first kappa shape index (κ1) is 19.9. The number of hydrogen-bond donors (Lipinski definition) is 0. The summed E-state index contributed by atoms with van der Waals surface area (Å²) in [5.41, 5.74) is 2.89. The Morgan fingerprint density at radius 3 is 2.50 bits per heavy atom. The van der Waals surface area contributed by atoms with Crippen LogP contribution in [0.2, 0.25) is 0 Å². The van der Waals surface area contributed by atoms with Crippen molar-refractivity contribution in [3.63, 3.8) is 0 Å². The van der Waals surface area contributed by atoms with Crippen LogP contribution < -0.4 is 24.0 Å². The largest absolute Gasteiger partial charge is 1.00 e. The van der Waals surface area contributed by atoms with Gasteiger partial charge in [-0.2, -0.15) is 4.65 Å². The minimum atomic E-state index is -0.634. The SMILES string of the molecule is C[C@]1(c2ccccc2)C(=O)N2C[C@H]3CO[N+](C)(C)[C@H]3C[C@H]2c2ccccc21.[I-]. The Kier molecular flexibility index (Phi) is 4.83. The molecule has 4 atom stereocenters. The normalized spacial score (nSPS) is 32.8. The van der Waals surface area contributed by atoms with E-state index in [4.69, 9.17) is 4.84 Å². The van der Waals surface area contributed by atoms with Crippen molar-refractivity contribution >= 4 is 5.91 Å². The molecule has 3 heterocycles. The molecule has 3 aliphatic heterocycles. The van der Waals surface area contributed by atoms with Crippen molar-refractivity contribution in [2.24, 2.45) is 5.92 Å². The monoisotopic (exact) mass is 490 g/mol. The maximum Gasteiger partial charge on any atom is 0.237 e. The lowest BCUT2D eigenvalue weighted by Gasteiger charge is -2.50. The van der Waals surface area contributed by atoms with Crippen LogP contribution in [0.1, 0.15) is 36.1 Å². The van der Waals surface area contributed by atoms with Gasteiger partial charge in [0.05, 0.1) is 31.5 Å². The van der Waals surface area contributed by atoms with Crippen LogP contribution in [-0.2, 0) is 15.0 Å². The van der Waals surface area contributed by atoms with Crippen LogP contribution in [0.3, 0.4) is 0 Å². The van der Waals surface area contributed by atoms with Gasteiger partial charge in [-0.1, -0.05) is 54.6 Å². The minimum absolute atomic E-state index is 0. The highest BCUT2D eigenvalue weighted by atomic mass is 127. The molecular weight excluding hydrogens is 463 g/mol. The van der Waals surface area contributed by atoms with E-state index in [1.165, 1.54) is 5.56 Å². The molecule has 1 amide bonds. The lowest BCUT2D eigenvalue weighted by Crippen LogP contribution is -3.00. The molecule has 0 spiro atoms. The zero-order valence-corrected chi connectivity index (χ0v) is 18.8. The fraction of sp³-hybridized carbons (Fsp3) is 0.435. The zero-order valence-electron chi connectivity index (χ0n) is 16.6. The van der Waals surface area contributed by atoms with Gasteiger partial charge in [0.1, 0.15) is 12.6 Å². The topological polar surface area (TPSA) is 29.5 Å². The molecule has 0 bridgehead atoms. The molecule has 4 nitrogen and oxygen atoms in total. The van der Waals surface area contributed by atoms with Gasteiger partial charge in [-0.05, 0) is 23.6 Å². The van der Waals surface area contributed by atoms with E-state index in [1.807, 2.05) is 18.2 Å². The van der Waals surface area contributed by atoms with E-state index in [0.29, 0.717) is 16.6 Å². The predicted molar refractivity (Wildman–Crippen MR) is 104 cm³/mol. The maximum absolute atomic E-state index is 13.9. The zero-order chi connectivity index (χ0) is 18.8. The van der Waals surface area contributed by atoms with Crippen molar-refractivity contribution in [3.8, 4) is 0 Å². The number of piperidine rings is 1. The Morgan fingerprint density at radius 2 is 1.75 bits per heavy atom. The number of carbonyl (C=O) groups excluding carboxylic acids is 1. The molecule has 0 unspecified atom stereocenters. The van der Waals surface area contributed by atoms with Gasteiger partial charge in [0.2, 0.25) is 5.91 Å². The molecule has 2 fully saturated rings. The summed E-state index contributed by atoms with van der Waals surface area (Å²) >= 11 is 0. The molecule has 148 valence electrons. The molecule has 2 aromatic carbocycles. The average Bonchev–Trinajstić information content (AvgIpc) is 3.00. The minimum Gasteiger partial charge on any atom is -1.00 e. The highest BCUT2D eigenvalue weighted by Gasteiger charge is 2.57. The second-order valence-electron chi connectivity index (χ2n) is 8.84. The predicted octanol–water partition coefficient (Wildman–Crippen LogP) is 0.290. The smallest absolute Gasteiger partial charge is 0.237 e. The summed E-state index contributed by atoms with van der Waals surface area (Å²) in [7, 11) is 4.29. The van der Waals surface area contributed by atoms with E-state index in [2.05, 4.69) is 62.3 Å². The standard InChI is InChI=1S/C23H27N2O2.HI/c1-23(17-9-5-4-6-10-17)19-12-8-7-11-18(19)20-13-21-16(14-24(20)22(23)26)15-27-25(21,2)3;/h4-12,16,20-21H,13-15H2,1-3H3;1H/q+1;/p-1/t16-,20-,21-,23+;/m0./s1. The third-order valence-corrected chi connectivity index (χ3v) is 7.13. The quantitative estimate of drug-likeness (QED) is 0.425. The van der Waals surface area contributed by atoms with Gasteiger partial charge in [0.25, 0.3) is 0 Å². The van der Waals surface area contributed by atoms with Crippen LogP contribution in [0.4, 0.5) is 0 Å². The maximum atomic E-state index is 13.9. The van der Waals surface area contributed by atoms with Gasteiger partial charge in [-0.3, -0.25) is 4.79 Å². The summed E-state index contributed by atoms with van der Waals surface area (Å²) in [6, 6.07) is 19.4. The first-order chi connectivity index (χ1) is 12.9. The third kappa shape index (κ3) is 2.66. The van der Waals surface area contributed by atoms with Crippen LogP contribution in [-0.4, -0.2) is 48.7 Å². The lowest BCUT2D eigenvalue weighted by molar-refractivity contribution is -1.08. The number of fused-ring (bicyclic) bond motifs is 4. The molecule has 0 aliphatic carbocycles. The molecule has 28 heavy (non-hydrogen) atoms. The summed E-state index contributed by atoms with van der Waals surface area (Å²) < 4.78 is 0.599. The van der Waals surface area contributed by atoms with Crippen LogP contribution in [0.15, 0.2) is 54.6 Å². The van der Waals surface area contributed by atoms with Crippen molar-refractivity contribution in [1.82, 2.24) is 4.90 Å². The number of rotatable bonds is 1. The van der Waals surface area contributed by atoms with Gasteiger partial charge in [-0.25, -0.2) is 4.84 Å². The second-order valence-corrected chi connectivity index (χ2v) is 8.84. The highest BCUT2D eigenvalue weighted by molar-refractivity contribution is 5.94. The molecule has 0 radical (unpaired) electrons. The number of benzene rings is 2. The Hall–Kier alpha value is -1.44. The number of carbonyl (C=O) groups is 1. The van der Waals surface area contributed by atoms with E-state index in [1.54, 1.807) is 0 Å². The Balaban J connectivity index is 0.00000192. The Bertz CT molecular complexity index is 900. The second kappa shape index (κ2) is 6.82. The third-order valence-electron chi connectivity index (χ3n) is 7.13. The summed E-state index contributed by atoms with van der Waals surface area (Å²) in [6.07, 6.45) is 0.964. The van der Waals surface area contributed by atoms with E-state index in [-0.39, 0.29) is 35.9 Å². The molecule has 0 aromatic heterocycles. The number of hydrogen-bond acceptors (Lipinski definition) is 2. The fourth-order valence-electron chi connectivity index (χ4n) is 5.57. The van der Waals surface area contributed by atoms with E-state index < -0.39 is 5.41 Å². The van der Waals surface area contributed by atoms with Crippen molar-refractivity contribution < 1.29 is 38.3 Å². The first-order valence-electron chi connectivity index (χ1n) is 9.87. The first-order valence-corrected chi connectivity index (χ1v) is 9.87. The molecule has 2 saturated heterocycles. The van der Waals surface area contributed by atoms with Crippen LogP contribution >= 0.6 is 0 Å². The van der Waals surface area contributed by atoms with Gasteiger partial charge >= 0.3 is 0 Å². The molecule has 0 saturated carbocycles. The molecule has 5 rings (SSSR count). The van der Waals surface area contributed by atoms with E-state index in [0.717, 1.165) is 30.7 Å². The Morgan fingerprint density at radius 1 is 1.07 bits per heavy atom. The van der Waals surface area contributed by atoms with Gasteiger partial charge < -0.3 is 28.9 Å². The fourth-order valence-corrected chi connectivity index (χ4v) is 5.57. The number of quaternary nitrogens is 1.